The third-order valence-electron chi connectivity index (χ3n) is 3.78. The first kappa shape index (κ1) is 13.0. The largest absolute Gasteiger partial charge is 0.378 e. The topological polar surface area (TPSA) is 44.8 Å². The van der Waals surface area contributed by atoms with Crippen LogP contribution in [0.1, 0.15) is 33.1 Å². The van der Waals surface area contributed by atoms with E-state index in [1.54, 1.807) is 0 Å². The lowest BCUT2D eigenvalue weighted by atomic mass is 9.82. The van der Waals surface area contributed by atoms with Crippen LogP contribution >= 0.6 is 0 Å². The lowest BCUT2D eigenvalue weighted by Crippen LogP contribution is -2.44. The van der Waals surface area contributed by atoms with Crippen LogP contribution in [0.5, 0.6) is 0 Å². The maximum Gasteiger partial charge on any atom is 0.164 e. The molecule has 0 aliphatic carbocycles. The molecule has 0 N–H and O–H groups in total. The molecule has 0 radical (unpaired) electrons. The summed E-state index contributed by atoms with van der Waals surface area (Å²) < 4.78 is 16.6. The summed E-state index contributed by atoms with van der Waals surface area (Å²) in [5, 5.41) is 0. The van der Waals surface area contributed by atoms with Crippen LogP contribution < -0.4 is 0 Å². The SMILES string of the molecule is CCOC(C)C(=O)C1CCOC2(CCOC2)C1. The number of ketones is 1. The molecule has 17 heavy (non-hydrogen) atoms. The number of carbonyl (C=O) groups excluding carboxylic acids is 1. The van der Waals surface area contributed by atoms with Gasteiger partial charge in [0.25, 0.3) is 0 Å². The van der Waals surface area contributed by atoms with Crippen LogP contribution in [-0.4, -0.2) is 43.9 Å². The predicted octanol–water partition coefficient (Wildman–Crippen LogP) is 1.57. The van der Waals surface area contributed by atoms with E-state index in [9.17, 15) is 4.79 Å². The van der Waals surface area contributed by atoms with E-state index in [0.29, 0.717) is 19.8 Å². The number of rotatable bonds is 4. The standard InChI is InChI=1S/C13H22O4/c1-3-16-10(2)12(14)11-4-6-17-13(8-11)5-7-15-9-13/h10-11H,3-9H2,1-2H3. The minimum Gasteiger partial charge on any atom is -0.378 e. The van der Waals surface area contributed by atoms with Crippen LogP contribution in [0.2, 0.25) is 0 Å². The Labute approximate surface area is 103 Å². The molecule has 4 nitrogen and oxygen atoms in total. The molecule has 1 spiro atoms. The van der Waals surface area contributed by atoms with Gasteiger partial charge in [-0.15, -0.1) is 0 Å². The summed E-state index contributed by atoms with van der Waals surface area (Å²) in [5.41, 5.74) is -0.190. The van der Waals surface area contributed by atoms with E-state index in [1.165, 1.54) is 0 Å². The molecule has 0 amide bonds. The molecule has 0 aromatic rings. The van der Waals surface area contributed by atoms with Crippen molar-refractivity contribution in [2.24, 2.45) is 5.92 Å². The highest BCUT2D eigenvalue weighted by Crippen LogP contribution is 2.36. The van der Waals surface area contributed by atoms with Crippen LogP contribution in [0.25, 0.3) is 0 Å². The molecular weight excluding hydrogens is 220 g/mol. The number of hydrogen-bond acceptors (Lipinski definition) is 4. The summed E-state index contributed by atoms with van der Waals surface area (Å²) in [6.07, 6.45) is 2.24. The molecule has 2 aliphatic heterocycles. The summed E-state index contributed by atoms with van der Waals surface area (Å²) in [6.45, 7) is 6.41. The summed E-state index contributed by atoms with van der Waals surface area (Å²) >= 11 is 0. The normalized spacial score (nSPS) is 35.1. The molecule has 2 rings (SSSR count). The first-order valence-electron chi connectivity index (χ1n) is 6.54. The van der Waals surface area contributed by atoms with E-state index in [4.69, 9.17) is 14.2 Å². The second-order valence-corrected chi connectivity index (χ2v) is 5.02. The number of carbonyl (C=O) groups is 1. The fraction of sp³-hybridized carbons (Fsp3) is 0.923. The van der Waals surface area contributed by atoms with Crippen molar-refractivity contribution < 1.29 is 19.0 Å². The van der Waals surface area contributed by atoms with Crippen LogP contribution in [0.15, 0.2) is 0 Å². The van der Waals surface area contributed by atoms with Gasteiger partial charge >= 0.3 is 0 Å². The summed E-state index contributed by atoms with van der Waals surface area (Å²) in [7, 11) is 0. The molecule has 2 fully saturated rings. The second-order valence-electron chi connectivity index (χ2n) is 5.02. The monoisotopic (exact) mass is 242 g/mol. The van der Waals surface area contributed by atoms with Gasteiger partial charge in [-0.3, -0.25) is 4.79 Å². The molecule has 0 aromatic carbocycles. The molecule has 0 saturated carbocycles. The molecule has 0 aromatic heterocycles. The van der Waals surface area contributed by atoms with E-state index in [0.717, 1.165) is 25.9 Å². The Morgan fingerprint density at radius 1 is 1.53 bits per heavy atom. The van der Waals surface area contributed by atoms with Crippen molar-refractivity contribution in [3.63, 3.8) is 0 Å². The van der Waals surface area contributed by atoms with Gasteiger partial charge in [0.15, 0.2) is 5.78 Å². The average molecular weight is 242 g/mol. The maximum absolute atomic E-state index is 12.2. The molecule has 2 heterocycles. The quantitative estimate of drug-likeness (QED) is 0.750. The van der Waals surface area contributed by atoms with Gasteiger partial charge in [0, 0.05) is 32.2 Å². The van der Waals surface area contributed by atoms with Gasteiger partial charge in [0.1, 0.15) is 6.10 Å². The van der Waals surface area contributed by atoms with Crippen molar-refractivity contribution in [2.75, 3.05) is 26.4 Å². The van der Waals surface area contributed by atoms with Crippen molar-refractivity contribution in [1.29, 1.82) is 0 Å². The summed E-state index contributed by atoms with van der Waals surface area (Å²) in [4.78, 5) is 12.2. The number of ether oxygens (including phenoxy) is 3. The van der Waals surface area contributed by atoms with E-state index in [1.807, 2.05) is 13.8 Å². The van der Waals surface area contributed by atoms with Crippen molar-refractivity contribution in [1.82, 2.24) is 0 Å². The van der Waals surface area contributed by atoms with Gasteiger partial charge < -0.3 is 14.2 Å². The lowest BCUT2D eigenvalue weighted by Gasteiger charge is -2.37. The first-order valence-corrected chi connectivity index (χ1v) is 6.54. The lowest BCUT2D eigenvalue weighted by molar-refractivity contribution is -0.146. The minimum absolute atomic E-state index is 0.0759. The molecule has 2 aliphatic rings. The smallest absolute Gasteiger partial charge is 0.164 e. The van der Waals surface area contributed by atoms with Crippen LogP contribution in [0.4, 0.5) is 0 Å². The summed E-state index contributed by atoms with van der Waals surface area (Å²) in [5.74, 6) is 0.299. The fourth-order valence-electron chi connectivity index (χ4n) is 2.80. The van der Waals surface area contributed by atoms with Crippen LogP contribution in [-0.2, 0) is 19.0 Å². The number of hydrogen-bond donors (Lipinski definition) is 0. The van der Waals surface area contributed by atoms with Gasteiger partial charge in [-0.2, -0.15) is 0 Å². The molecule has 0 bridgehead atoms. The van der Waals surface area contributed by atoms with E-state index in [-0.39, 0.29) is 23.4 Å². The highest BCUT2D eigenvalue weighted by Gasteiger charge is 2.43. The second kappa shape index (κ2) is 5.46. The minimum atomic E-state index is -0.289. The third kappa shape index (κ3) is 2.87. The Hall–Kier alpha value is -0.450. The summed E-state index contributed by atoms with van der Waals surface area (Å²) in [6, 6.07) is 0. The third-order valence-corrected chi connectivity index (χ3v) is 3.78. The Morgan fingerprint density at radius 3 is 3.00 bits per heavy atom. The molecule has 98 valence electrons. The number of Topliss-reactive ketones (excluding diaryl/α,β-unsaturated/α-hetero) is 1. The molecular formula is C13H22O4. The predicted molar refractivity (Wildman–Crippen MR) is 62.9 cm³/mol. The van der Waals surface area contributed by atoms with Crippen LogP contribution in [0.3, 0.4) is 0 Å². The van der Waals surface area contributed by atoms with Gasteiger partial charge in [0.2, 0.25) is 0 Å². The van der Waals surface area contributed by atoms with E-state index >= 15 is 0 Å². The molecule has 4 heteroatoms. The van der Waals surface area contributed by atoms with Gasteiger partial charge in [-0.25, -0.2) is 0 Å². The van der Waals surface area contributed by atoms with Crippen molar-refractivity contribution in [3.05, 3.63) is 0 Å². The zero-order chi connectivity index (χ0) is 12.3. The highest BCUT2D eigenvalue weighted by atomic mass is 16.6. The Morgan fingerprint density at radius 2 is 2.35 bits per heavy atom. The van der Waals surface area contributed by atoms with Crippen molar-refractivity contribution in [2.45, 2.75) is 44.8 Å². The molecule has 2 saturated heterocycles. The fourth-order valence-corrected chi connectivity index (χ4v) is 2.80. The van der Waals surface area contributed by atoms with Gasteiger partial charge in [0.05, 0.1) is 12.2 Å². The van der Waals surface area contributed by atoms with Crippen LogP contribution in [0, 0.1) is 5.92 Å². The Balaban J connectivity index is 1.94. The maximum atomic E-state index is 12.2. The van der Waals surface area contributed by atoms with E-state index < -0.39 is 0 Å². The van der Waals surface area contributed by atoms with Crippen molar-refractivity contribution in [3.8, 4) is 0 Å². The zero-order valence-electron chi connectivity index (χ0n) is 10.7. The zero-order valence-corrected chi connectivity index (χ0v) is 10.7. The first-order chi connectivity index (χ1) is 8.17. The Kier molecular flexibility index (Phi) is 4.17. The average Bonchev–Trinajstić information content (AvgIpc) is 2.76. The molecule has 3 unspecified atom stereocenters. The van der Waals surface area contributed by atoms with Crippen molar-refractivity contribution >= 4 is 5.78 Å². The van der Waals surface area contributed by atoms with Gasteiger partial charge in [-0.05, 0) is 26.7 Å². The van der Waals surface area contributed by atoms with E-state index in [2.05, 4.69) is 0 Å². The molecule has 3 atom stereocenters. The Bertz CT molecular complexity index is 271. The highest BCUT2D eigenvalue weighted by molar-refractivity contribution is 5.85. The van der Waals surface area contributed by atoms with Gasteiger partial charge in [-0.1, -0.05) is 0 Å².